The van der Waals surface area contributed by atoms with Crippen LogP contribution in [0.2, 0.25) is 0 Å². The van der Waals surface area contributed by atoms with Crippen molar-refractivity contribution in [2.75, 3.05) is 39.3 Å². The molecule has 2 saturated heterocycles. The number of nitrogens with zero attached hydrogens (tertiary/aromatic N) is 6. The maximum atomic E-state index is 13.5. The maximum Gasteiger partial charge on any atom is 0.411 e. The van der Waals surface area contributed by atoms with Crippen LogP contribution in [0.4, 0.5) is 21.0 Å². The van der Waals surface area contributed by atoms with Crippen molar-refractivity contribution in [3.05, 3.63) is 152 Å². The van der Waals surface area contributed by atoms with E-state index in [0.717, 1.165) is 22.9 Å². The maximum absolute atomic E-state index is 13.5. The van der Waals surface area contributed by atoms with Crippen LogP contribution in [0.15, 0.2) is 119 Å². The Morgan fingerprint density at radius 1 is 0.589 bits per heavy atom. The van der Waals surface area contributed by atoms with Gasteiger partial charge in [-0.25, -0.2) is 9.59 Å². The van der Waals surface area contributed by atoms with Gasteiger partial charge >= 0.3 is 12.2 Å². The Kier molecular flexibility index (Phi) is 17.8. The standard InChI is InChI=1S/C52H58N8O12S/c1-51(2,3)71-49(65)57-27-25-55(33-41(57)47(63)53-31-37-13-9-7-10-14-37)45(61)23-19-35-17-21-43(39(29-35)59(67)68)73-44-22-18-36(30-40(44)60(69)70)20-24-46(62)56-26-28-58(50(66)72-52(4,5)6)42(34-56)48(64)54-32-38-15-11-8-12-16-38/h7-24,29-30,41-42H,25-28,31-34H2,1-6H3,(H,53,63)(H,54,64)/b23-19+,24-20+. The third-order valence-electron chi connectivity index (χ3n) is 11.3. The van der Waals surface area contributed by atoms with E-state index < -0.39 is 68.9 Å². The first-order valence-electron chi connectivity index (χ1n) is 23.4. The van der Waals surface area contributed by atoms with Gasteiger partial charge in [-0.05, 0) is 88.1 Å². The summed E-state index contributed by atoms with van der Waals surface area (Å²) in [7, 11) is 0. The number of piperazine rings is 2. The molecule has 2 atom stereocenters. The molecule has 2 unspecified atom stereocenters. The summed E-state index contributed by atoms with van der Waals surface area (Å²) in [5.41, 5.74) is -0.211. The van der Waals surface area contributed by atoms with Crippen molar-refractivity contribution in [1.82, 2.24) is 30.2 Å². The molecule has 6 rings (SSSR count). The summed E-state index contributed by atoms with van der Waals surface area (Å²) in [6.07, 6.45) is 3.77. The van der Waals surface area contributed by atoms with Gasteiger partial charge in [-0.1, -0.05) is 84.6 Å². The zero-order chi connectivity index (χ0) is 53.0. The number of benzene rings is 4. The van der Waals surface area contributed by atoms with E-state index in [1.165, 1.54) is 80.3 Å². The molecule has 4 aromatic carbocycles. The van der Waals surface area contributed by atoms with Crippen LogP contribution in [0.3, 0.4) is 0 Å². The van der Waals surface area contributed by atoms with Gasteiger partial charge in [-0.2, -0.15) is 0 Å². The number of carbonyl (C=O) groups is 6. The number of hydrogen-bond donors (Lipinski definition) is 2. The quantitative estimate of drug-likeness (QED) is 0.0721. The first-order valence-corrected chi connectivity index (χ1v) is 24.2. The Hall–Kier alpha value is -8.07. The third-order valence-corrected chi connectivity index (χ3v) is 12.4. The van der Waals surface area contributed by atoms with Crippen LogP contribution in [0.25, 0.3) is 12.2 Å². The number of nitro benzene ring substituents is 2. The van der Waals surface area contributed by atoms with Gasteiger partial charge in [0.1, 0.15) is 23.3 Å². The minimum atomic E-state index is -1.07. The van der Waals surface area contributed by atoms with Gasteiger partial charge in [0.25, 0.3) is 11.4 Å². The van der Waals surface area contributed by atoms with Gasteiger partial charge in [0.2, 0.25) is 23.6 Å². The lowest BCUT2D eigenvalue weighted by molar-refractivity contribution is -0.388. The third kappa shape index (κ3) is 15.5. The molecule has 0 aromatic heterocycles. The molecule has 2 fully saturated rings. The topological polar surface area (TPSA) is 244 Å². The molecule has 2 aliphatic heterocycles. The first-order chi connectivity index (χ1) is 34.5. The second-order valence-corrected chi connectivity index (χ2v) is 20.2. The summed E-state index contributed by atoms with van der Waals surface area (Å²) in [5, 5.41) is 30.4. The Morgan fingerprint density at radius 2 is 0.959 bits per heavy atom. The number of hydrogen-bond acceptors (Lipinski definition) is 13. The van der Waals surface area contributed by atoms with Crippen LogP contribution in [-0.2, 0) is 41.7 Å². The van der Waals surface area contributed by atoms with E-state index in [-0.39, 0.29) is 84.7 Å². The summed E-state index contributed by atoms with van der Waals surface area (Å²) in [4.78, 5) is 109. The van der Waals surface area contributed by atoms with Crippen LogP contribution in [-0.4, -0.2) is 128 Å². The predicted molar refractivity (Wildman–Crippen MR) is 272 cm³/mol. The van der Waals surface area contributed by atoms with E-state index in [1.54, 1.807) is 41.5 Å². The molecule has 73 heavy (non-hydrogen) atoms. The van der Waals surface area contributed by atoms with Gasteiger partial charge in [-0.15, -0.1) is 0 Å². The van der Waals surface area contributed by atoms with E-state index in [9.17, 15) is 49.0 Å². The number of carbonyl (C=O) groups excluding carboxylic acids is 6. The van der Waals surface area contributed by atoms with Gasteiger partial charge < -0.3 is 29.9 Å². The monoisotopic (exact) mass is 1020 g/mol. The van der Waals surface area contributed by atoms with Crippen molar-refractivity contribution in [3.63, 3.8) is 0 Å². The smallest absolute Gasteiger partial charge is 0.411 e. The number of amides is 6. The van der Waals surface area contributed by atoms with Crippen LogP contribution in [0.1, 0.15) is 63.8 Å². The SMILES string of the molecule is CC(C)(C)OC(=O)N1CCN(C(=O)/C=C/c2ccc(Sc3ccc(/C=C/C(=O)N4CCN(C(=O)OC(C)(C)C)C(C(=O)NCc5ccccc5)C4)cc3[N+](=O)[O-])c([N+](=O)[O-])c2)CC1C(=O)NCc1ccccc1. The zero-order valence-electron chi connectivity index (χ0n) is 41.3. The summed E-state index contributed by atoms with van der Waals surface area (Å²) >= 11 is 0.789. The highest BCUT2D eigenvalue weighted by Gasteiger charge is 2.40. The van der Waals surface area contributed by atoms with Gasteiger partial charge in [0.05, 0.1) is 32.7 Å². The minimum absolute atomic E-state index is 0.00495. The van der Waals surface area contributed by atoms with E-state index in [1.807, 2.05) is 60.7 Å². The lowest BCUT2D eigenvalue weighted by Crippen LogP contribution is -2.61. The molecule has 0 saturated carbocycles. The number of nitro groups is 2. The molecule has 2 aliphatic rings. The molecule has 21 heteroatoms. The van der Waals surface area contributed by atoms with Crippen molar-refractivity contribution in [2.24, 2.45) is 0 Å². The fraction of sp³-hybridized carbons (Fsp3) is 0.346. The van der Waals surface area contributed by atoms with Crippen molar-refractivity contribution in [1.29, 1.82) is 0 Å². The average molecular weight is 1020 g/mol. The fourth-order valence-electron chi connectivity index (χ4n) is 7.70. The molecule has 384 valence electrons. The molecule has 0 aliphatic carbocycles. The normalized spacial score (nSPS) is 16.2. The lowest BCUT2D eigenvalue weighted by Gasteiger charge is -2.40. The average Bonchev–Trinajstić information content (AvgIpc) is 3.35. The van der Waals surface area contributed by atoms with E-state index in [0.29, 0.717) is 0 Å². The Morgan fingerprint density at radius 3 is 1.30 bits per heavy atom. The molecular formula is C52H58N8O12S. The molecular weight excluding hydrogens is 961 g/mol. The van der Waals surface area contributed by atoms with Gasteiger partial charge in [0.15, 0.2) is 0 Å². The summed E-state index contributed by atoms with van der Waals surface area (Å²) in [6, 6.07) is 24.5. The van der Waals surface area contributed by atoms with Crippen LogP contribution < -0.4 is 10.6 Å². The highest BCUT2D eigenvalue weighted by atomic mass is 32.2. The van der Waals surface area contributed by atoms with Crippen molar-refractivity contribution in [3.8, 4) is 0 Å². The second-order valence-electron chi connectivity index (χ2n) is 19.1. The molecule has 20 nitrogen and oxygen atoms in total. The predicted octanol–water partition coefficient (Wildman–Crippen LogP) is 7.21. The first kappa shape index (κ1) is 54.3. The van der Waals surface area contributed by atoms with E-state index in [2.05, 4.69) is 10.6 Å². The number of ether oxygens (including phenoxy) is 2. The molecule has 4 aromatic rings. The number of rotatable bonds is 14. The molecule has 2 N–H and O–H groups in total. The van der Waals surface area contributed by atoms with E-state index in [4.69, 9.17) is 9.47 Å². The summed E-state index contributed by atoms with van der Waals surface area (Å²) in [5.74, 6) is -1.99. The van der Waals surface area contributed by atoms with Crippen LogP contribution in [0.5, 0.6) is 0 Å². The number of nitrogens with one attached hydrogen (secondary N) is 2. The van der Waals surface area contributed by atoms with Gasteiger partial charge in [-0.3, -0.25) is 49.2 Å². The molecule has 0 spiro atoms. The molecule has 6 amide bonds. The molecule has 0 radical (unpaired) electrons. The lowest BCUT2D eigenvalue weighted by atomic mass is 10.1. The summed E-state index contributed by atoms with van der Waals surface area (Å²) in [6.45, 7) is 10.5. The van der Waals surface area contributed by atoms with Crippen LogP contribution in [0, 0.1) is 20.2 Å². The summed E-state index contributed by atoms with van der Waals surface area (Å²) < 4.78 is 11.1. The minimum Gasteiger partial charge on any atom is -0.444 e. The molecule has 2 heterocycles. The highest BCUT2D eigenvalue weighted by Crippen LogP contribution is 2.40. The Bertz CT molecular complexity index is 2590. The van der Waals surface area contributed by atoms with Crippen LogP contribution >= 0.6 is 11.8 Å². The second kappa shape index (κ2) is 23.9. The van der Waals surface area contributed by atoms with Crippen molar-refractivity contribution < 1.29 is 48.1 Å². The highest BCUT2D eigenvalue weighted by molar-refractivity contribution is 7.99. The Labute approximate surface area is 426 Å². The van der Waals surface area contributed by atoms with Crippen molar-refractivity contribution >= 4 is 71.1 Å². The largest absolute Gasteiger partial charge is 0.444 e. The fourth-order valence-corrected chi connectivity index (χ4v) is 8.68. The molecule has 0 bridgehead atoms. The zero-order valence-corrected chi connectivity index (χ0v) is 42.2. The van der Waals surface area contributed by atoms with Gasteiger partial charge in [0, 0.05) is 63.6 Å². The van der Waals surface area contributed by atoms with E-state index >= 15 is 0 Å². The Balaban J connectivity index is 1.12. The van der Waals surface area contributed by atoms with Crippen molar-refractivity contribution in [2.45, 2.75) is 87.7 Å².